The molecule has 1 heterocycles. The van der Waals surface area contributed by atoms with Gasteiger partial charge < -0.3 is 24.6 Å². The van der Waals surface area contributed by atoms with Crippen molar-refractivity contribution in [3.8, 4) is 11.5 Å². The van der Waals surface area contributed by atoms with Gasteiger partial charge in [-0.15, -0.1) is 0 Å². The summed E-state index contributed by atoms with van der Waals surface area (Å²) in [7, 11) is 3.10. The highest BCUT2D eigenvalue weighted by Gasteiger charge is 2.29. The first kappa shape index (κ1) is 20.4. The van der Waals surface area contributed by atoms with E-state index < -0.39 is 0 Å². The number of amides is 3. The molecule has 0 unspecified atom stereocenters. The molecule has 3 rings (SSSR count). The van der Waals surface area contributed by atoms with Gasteiger partial charge in [0.2, 0.25) is 5.91 Å². The van der Waals surface area contributed by atoms with Crippen LogP contribution in [-0.2, 0) is 17.9 Å². The van der Waals surface area contributed by atoms with Gasteiger partial charge in [-0.1, -0.05) is 24.3 Å². The topological polar surface area (TPSA) is 71.1 Å². The number of rotatable bonds is 8. The molecule has 8 heteroatoms. The van der Waals surface area contributed by atoms with Crippen molar-refractivity contribution >= 4 is 11.9 Å². The van der Waals surface area contributed by atoms with Gasteiger partial charge in [0, 0.05) is 31.7 Å². The number of hydrogen-bond acceptors (Lipinski definition) is 4. The third-order valence-corrected chi connectivity index (χ3v) is 4.76. The van der Waals surface area contributed by atoms with Crippen LogP contribution in [0.2, 0.25) is 0 Å². The lowest BCUT2D eigenvalue weighted by Crippen LogP contribution is -2.39. The minimum atomic E-state index is -0.313. The SMILES string of the molecule is COc1cccc(CNC(=O)CN2CCN(Cc3ccc(F)cc3)C2=O)c1OC. The van der Waals surface area contributed by atoms with E-state index in [0.29, 0.717) is 31.1 Å². The Hall–Kier alpha value is -3.29. The van der Waals surface area contributed by atoms with Gasteiger partial charge >= 0.3 is 6.03 Å². The number of methoxy groups -OCH3 is 2. The maximum Gasteiger partial charge on any atom is 0.320 e. The molecule has 0 spiro atoms. The number of ether oxygens (including phenoxy) is 2. The summed E-state index contributed by atoms with van der Waals surface area (Å²) in [5.74, 6) is 0.586. The number of halogens is 1. The summed E-state index contributed by atoms with van der Waals surface area (Å²) in [5.41, 5.74) is 1.63. The van der Waals surface area contributed by atoms with Crippen molar-refractivity contribution in [3.05, 3.63) is 59.4 Å². The third-order valence-electron chi connectivity index (χ3n) is 4.76. The molecule has 0 bridgehead atoms. The zero-order valence-electron chi connectivity index (χ0n) is 16.5. The highest BCUT2D eigenvalue weighted by molar-refractivity contribution is 5.85. The molecular weight excluding hydrogens is 377 g/mol. The average Bonchev–Trinajstić information content (AvgIpc) is 3.06. The van der Waals surface area contributed by atoms with E-state index in [1.54, 1.807) is 37.3 Å². The summed E-state index contributed by atoms with van der Waals surface area (Å²) in [6.45, 7) is 1.62. The van der Waals surface area contributed by atoms with Crippen LogP contribution in [0.5, 0.6) is 11.5 Å². The lowest BCUT2D eigenvalue weighted by atomic mass is 10.2. The monoisotopic (exact) mass is 401 g/mol. The van der Waals surface area contributed by atoms with Gasteiger partial charge in [0.15, 0.2) is 11.5 Å². The fourth-order valence-corrected chi connectivity index (χ4v) is 3.25. The molecule has 1 aliphatic heterocycles. The second-order valence-corrected chi connectivity index (χ2v) is 6.68. The minimum absolute atomic E-state index is 0.0228. The maximum atomic E-state index is 13.0. The molecule has 0 atom stereocenters. The van der Waals surface area contributed by atoms with Gasteiger partial charge in [0.1, 0.15) is 12.4 Å². The Kier molecular flexibility index (Phi) is 6.54. The standard InChI is InChI=1S/C21H24FN3O4/c1-28-18-5-3-4-16(20(18)29-2)12-23-19(26)14-25-11-10-24(21(25)27)13-15-6-8-17(22)9-7-15/h3-9H,10-14H2,1-2H3,(H,23,26). The van der Waals surface area contributed by atoms with E-state index in [9.17, 15) is 14.0 Å². The Morgan fingerprint density at radius 2 is 1.79 bits per heavy atom. The largest absolute Gasteiger partial charge is 0.493 e. The Morgan fingerprint density at radius 1 is 1.07 bits per heavy atom. The van der Waals surface area contributed by atoms with E-state index in [1.165, 1.54) is 17.0 Å². The number of benzene rings is 2. The van der Waals surface area contributed by atoms with E-state index in [-0.39, 0.29) is 30.8 Å². The molecule has 2 aromatic rings. The third kappa shape index (κ3) is 4.96. The molecule has 1 N–H and O–H groups in total. The number of carbonyl (C=O) groups is 2. The number of nitrogens with zero attached hydrogens (tertiary/aromatic N) is 2. The van der Waals surface area contributed by atoms with E-state index in [4.69, 9.17) is 9.47 Å². The van der Waals surface area contributed by atoms with Gasteiger partial charge in [-0.25, -0.2) is 9.18 Å². The van der Waals surface area contributed by atoms with Crippen LogP contribution in [0.15, 0.2) is 42.5 Å². The second kappa shape index (κ2) is 9.27. The Bertz CT molecular complexity index is 873. The van der Waals surface area contributed by atoms with Crippen molar-refractivity contribution in [2.45, 2.75) is 13.1 Å². The van der Waals surface area contributed by atoms with Crippen LogP contribution in [0, 0.1) is 5.82 Å². The lowest BCUT2D eigenvalue weighted by Gasteiger charge is -2.19. The highest BCUT2D eigenvalue weighted by atomic mass is 19.1. The molecule has 1 saturated heterocycles. The molecule has 0 radical (unpaired) electrons. The molecule has 3 amide bonds. The summed E-state index contributed by atoms with van der Waals surface area (Å²) in [5, 5.41) is 2.81. The van der Waals surface area contributed by atoms with Gasteiger partial charge in [-0.05, 0) is 23.8 Å². The fourth-order valence-electron chi connectivity index (χ4n) is 3.25. The zero-order chi connectivity index (χ0) is 20.8. The van der Waals surface area contributed by atoms with Crippen molar-refractivity contribution in [1.82, 2.24) is 15.1 Å². The molecule has 2 aromatic carbocycles. The highest BCUT2D eigenvalue weighted by Crippen LogP contribution is 2.30. The van der Waals surface area contributed by atoms with Crippen molar-refractivity contribution < 1.29 is 23.5 Å². The number of urea groups is 1. The Morgan fingerprint density at radius 3 is 2.48 bits per heavy atom. The summed E-state index contributed by atoms with van der Waals surface area (Å²) < 4.78 is 23.6. The number of hydrogen-bond donors (Lipinski definition) is 1. The summed E-state index contributed by atoms with van der Waals surface area (Å²) in [6.07, 6.45) is 0. The first-order valence-corrected chi connectivity index (χ1v) is 9.26. The Labute approximate surface area is 169 Å². The second-order valence-electron chi connectivity index (χ2n) is 6.68. The quantitative estimate of drug-likeness (QED) is 0.737. The predicted molar refractivity (Wildman–Crippen MR) is 105 cm³/mol. The van der Waals surface area contributed by atoms with Crippen molar-refractivity contribution in [2.75, 3.05) is 33.9 Å². The predicted octanol–water partition coefficient (Wildman–Crippen LogP) is 2.40. The van der Waals surface area contributed by atoms with Gasteiger partial charge in [0.05, 0.1) is 14.2 Å². The van der Waals surface area contributed by atoms with Gasteiger partial charge in [0.25, 0.3) is 0 Å². The zero-order valence-corrected chi connectivity index (χ0v) is 16.5. The number of carbonyl (C=O) groups excluding carboxylic acids is 2. The van der Waals surface area contributed by atoms with E-state index in [0.717, 1.165) is 11.1 Å². The summed E-state index contributed by atoms with van der Waals surface area (Å²) in [6, 6.07) is 11.3. The van der Waals surface area contributed by atoms with Crippen LogP contribution < -0.4 is 14.8 Å². The first-order valence-electron chi connectivity index (χ1n) is 9.26. The van der Waals surface area contributed by atoms with Crippen LogP contribution in [-0.4, -0.2) is 55.6 Å². The molecule has 154 valence electrons. The molecule has 0 saturated carbocycles. The van der Waals surface area contributed by atoms with Crippen molar-refractivity contribution in [2.24, 2.45) is 0 Å². The van der Waals surface area contributed by atoms with Crippen molar-refractivity contribution in [3.63, 3.8) is 0 Å². The summed E-state index contributed by atoms with van der Waals surface area (Å²) >= 11 is 0. The van der Waals surface area contributed by atoms with E-state index in [2.05, 4.69) is 5.32 Å². The van der Waals surface area contributed by atoms with Crippen LogP contribution in [0.3, 0.4) is 0 Å². The first-order chi connectivity index (χ1) is 14.0. The van der Waals surface area contributed by atoms with Crippen molar-refractivity contribution in [1.29, 1.82) is 0 Å². The Balaban J connectivity index is 1.52. The van der Waals surface area contributed by atoms with Gasteiger partial charge in [-0.2, -0.15) is 0 Å². The molecule has 1 aliphatic rings. The number of para-hydroxylation sites is 1. The van der Waals surface area contributed by atoms with Crippen LogP contribution in [0.25, 0.3) is 0 Å². The molecule has 0 aromatic heterocycles. The van der Waals surface area contributed by atoms with Crippen LogP contribution in [0.1, 0.15) is 11.1 Å². The normalized spacial score (nSPS) is 13.6. The van der Waals surface area contributed by atoms with Crippen LogP contribution in [0.4, 0.5) is 9.18 Å². The molecular formula is C21H24FN3O4. The lowest BCUT2D eigenvalue weighted by molar-refractivity contribution is -0.121. The fraction of sp³-hybridized carbons (Fsp3) is 0.333. The maximum absolute atomic E-state index is 13.0. The van der Waals surface area contributed by atoms with E-state index >= 15 is 0 Å². The average molecular weight is 401 g/mol. The molecule has 29 heavy (non-hydrogen) atoms. The summed E-state index contributed by atoms with van der Waals surface area (Å²) in [4.78, 5) is 28.0. The van der Waals surface area contributed by atoms with Crippen LogP contribution >= 0.6 is 0 Å². The molecule has 1 fully saturated rings. The minimum Gasteiger partial charge on any atom is -0.493 e. The molecule has 7 nitrogen and oxygen atoms in total. The number of nitrogens with one attached hydrogen (secondary N) is 1. The molecule has 0 aliphatic carbocycles. The van der Waals surface area contributed by atoms with Gasteiger partial charge in [-0.3, -0.25) is 4.79 Å². The van der Waals surface area contributed by atoms with E-state index in [1.807, 2.05) is 12.1 Å². The smallest absolute Gasteiger partial charge is 0.320 e.